The van der Waals surface area contributed by atoms with Gasteiger partial charge in [0, 0.05) is 37.7 Å². The molecule has 0 N–H and O–H groups in total. The van der Waals surface area contributed by atoms with E-state index >= 15 is 0 Å². The predicted molar refractivity (Wildman–Crippen MR) is 82.0 cm³/mol. The fourth-order valence-corrected chi connectivity index (χ4v) is 6.96. The molecule has 1 aromatic heterocycles. The molecule has 8 heteroatoms. The van der Waals surface area contributed by atoms with Crippen molar-refractivity contribution >= 4 is 21.8 Å². The van der Waals surface area contributed by atoms with Crippen LogP contribution in [0, 0.1) is 13.8 Å². The first-order valence-corrected chi connectivity index (χ1v) is 9.39. The van der Waals surface area contributed by atoms with Gasteiger partial charge in [0.05, 0.1) is 17.5 Å². The Kier molecular flexibility index (Phi) is 3.63. The van der Waals surface area contributed by atoms with E-state index in [0.717, 1.165) is 12.2 Å². The second-order valence-corrected chi connectivity index (χ2v) is 9.32. The van der Waals surface area contributed by atoms with Gasteiger partial charge in [-0.05, 0) is 20.3 Å². The van der Waals surface area contributed by atoms with E-state index in [4.69, 9.17) is 4.74 Å². The maximum atomic E-state index is 12.8. The summed E-state index contributed by atoms with van der Waals surface area (Å²) in [6.07, 6.45) is 1.19. The lowest BCUT2D eigenvalue weighted by molar-refractivity contribution is 0.0931. The van der Waals surface area contributed by atoms with Crippen LogP contribution in [0.15, 0.2) is 4.90 Å². The molecule has 0 aliphatic carbocycles. The van der Waals surface area contributed by atoms with Crippen LogP contribution in [0.25, 0.3) is 0 Å². The molecule has 1 atom stereocenters. The fraction of sp³-hybridized carbons (Fsp3) is 0.769. The van der Waals surface area contributed by atoms with Crippen molar-refractivity contribution in [3.8, 4) is 0 Å². The lowest BCUT2D eigenvalue weighted by atomic mass is 9.96. The Labute approximate surface area is 129 Å². The van der Waals surface area contributed by atoms with Crippen molar-refractivity contribution in [1.29, 1.82) is 0 Å². The number of aryl methyl sites for hydroxylation is 2. The number of hydrogen-bond donors (Lipinski definition) is 0. The lowest BCUT2D eigenvalue weighted by Gasteiger charge is -2.46. The average molecular weight is 331 g/mol. The highest BCUT2D eigenvalue weighted by molar-refractivity contribution is 8.01. The third kappa shape index (κ3) is 2.32. The molecule has 6 nitrogen and oxygen atoms in total. The number of hydrogen-bond acceptors (Lipinski definition) is 5. The van der Waals surface area contributed by atoms with Crippen LogP contribution in [0.2, 0.25) is 0 Å². The number of sulfonamides is 1. The van der Waals surface area contributed by atoms with Gasteiger partial charge in [0.2, 0.25) is 10.0 Å². The average Bonchev–Trinajstić information content (AvgIpc) is 2.90. The number of ether oxygens (including phenoxy) is 1. The number of thioether (sulfide) groups is 1. The summed E-state index contributed by atoms with van der Waals surface area (Å²) in [7, 11) is 0.0602. The third-order valence-corrected chi connectivity index (χ3v) is 8.10. The van der Waals surface area contributed by atoms with Gasteiger partial charge in [0.25, 0.3) is 0 Å². The van der Waals surface area contributed by atoms with Crippen LogP contribution in [-0.4, -0.2) is 59.3 Å². The fourth-order valence-electron chi connectivity index (χ4n) is 3.20. The normalized spacial score (nSPS) is 25.4. The molecule has 0 aromatic carbocycles. The van der Waals surface area contributed by atoms with E-state index in [1.807, 2.05) is 11.8 Å². The van der Waals surface area contributed by atoms with Gasteiger partial charge in [-0.3, -0.25) is 4.68 Å². The zero-order valence-electron chi connectivity index (χ0n) is 12.8. The predicted octanol–water partition coefficient (Wildman–Crippen LogP) is 0.932. The summed E-state index contributed by atoms with van der Waals surface area (Å²) in [6, 6.07) is 0. The molecular weight excluding hydrogens is 310 g/mol. The van der Waals surface area contributed by atoms with Gasteiger partial charge in [-0.1, -0.05) is 0 Å². The molecule has 0 bridgehead atoms. The summed E-state index contributed by atoms with van der Waals surface area (Å²) in [6.45, 7) is 4.70. The van der Waals surface area contributed by atoms with Crippen LogP contribution in [-0.2, 0) is 21.8 Å². The van der Waals surface area contributed by atoms with Crippen molar-refractivity contribution in [2.75, 3.05) is 26.0 Å². The number of nitrogens with zero attached hydrogens (tertiary/aromatic N) is 3. The zero-order valence-corrected chi connectivity index (χ0v) is 14.4. The van der Waals surface area contributed by atoms with Crippen LogP contribution in [0.4, 0.5) is 0 Å². The molecule has 2 fully saturated rings. The quantitative estimate of drug-likeness (QED) is 0.824. The number of aromatic nitrogens is 2. The Morgan fingerprint density at radius 1 is 1.38 bits per heavy atom. The van der Waals surface area contributed by atoms with Crippen LogP contribution in [0.1, 0.15) is 17.8 Å². The van der Waals surface area contributed by atoms with Crippen molar-refractivity contribution in [2.45, 2.75) is 36.0 Å². The van der Waals surface area contributed by atoms with E-state index in [2.05, 4.69) is 5.10 Å². The van der Waals surface area contributed by atoms with Crippen molar-refractivity contribution in [3.05, 3.63) is 11.4 Å². The van der Waals surface area contributed by atoms with Crippen molar-refractivity contribution in [2.24, 2.45) is 7.05 Å². The van der Waals surface area contributed by atoms with Crippen LogP contribution in [0.5, 0.6) is 0 Å². The monoisotopic (exact) mass is 331 g/mol. The van der Waals surface area contributed by atoms with Crippen LogP contribution in [0.3, 0.4) is 0 Å². The molecule has 1 spiro atoms. The summed E-state index contributed by atoms with van der Waals surface area (Å²) in [4.78, 5) is 0.367. The second-order valence-electron chi connectivity index (χ2n) is 5.95. The molecule has 2 aliphatic heterocycles. The summed E-state index contributed by atoms with van der Waals surface area (Å²) in [5.41, 5.74) is 1.27. The summed E-state index contributed by atoms with van der Waals surface area (Å²) in [5, 5.41) is 4.22. The van der Waals surface area contributed by atoms with Crippen LogP contribution >= 0.6 is 11.8 Å². The van der Waals surface area contributed by atoms with Crippen molar-refractivity contribution < 1.29 is 13.2 Å². The Morgan fingerprint density at radius 3 is 2.52 bits per heavy atom. The van der Waals surface area contributed by atoms with Gasteiger partial charge < -0.3 is 4.74 Å². The van der Waals surface area contributed by atoms with Crippen molar-refractivity contribution in [1.82, 2.24) is 14.1 Å². The molecule has 0 amide bonds. The standard InChI is InChI=1S/C13H21N3O3S2/c1-9-12(10(2)15(3)14-9)21(17,18)16-7-13(8-16)5-11(19-4)6-20-13/h11H,5-8H2,1-4H3/t11-/m0/s1. The van der Waals surface area contributed by atoms with E-state index in [9.17, 15) is 8.42 Å². The Hall–Kier alpha value is -0.570. The minimum Gasteiger partial charge on any atom is -0.381 e. The lowest BCUT2D eigenvalue weighted by Crippen LogP contribution is -2.60. The Morgan fingerprint density at radius 2 is 2.05 bits per heavy atom. The van der Waals surface area contributed by atoms with E-state index in [1.54, 1.807) is 37.0 Å². The highest BCUT2D eigenvalue weighted by atomic mass is 32.2. The first kappa shape index (κ1) is 15.3. The zero-order chi connectivity index (χ0) is 15.4. The topological polar surface area (TPSA) is 64.4 Å². The molecule has 21 heavy (non-hydrogen) atoms. The Bertz CT molecular complexity index is 662. The molecule has 1 aromatic rings. The second kappa shape index (κ2) is 4.97. The summed E-state index contributed by atoms with van der Waals surface area (Å²) in [5.74, 6) is 0.954. The van der Waals surface area contributed by atoms with E-state index in [0.29, 0.717) is 29.4 Å². The molecule has 3 heterocycles. The van der Waals surface area contributed by atoms with Crippen molar-refractivity contribution in [3.63, 3.8) is 0 Å². The first-order chi connectivity index (χ1) is 9.79. The highest BCUT2D eigenvalue weighted by Gasteiger charge is 2.53. The maximum absolute atomic E-state index is 12.8. The van der Waals surface area contributed by atoms with E-state index in [-0.39, 0.29) is 10.9 Å². The molecule has 0 saturated carbocycles. The van der Waals surface area contributed by atoms with Gasteiger partial charge in [0.15, 0.2) is 0 Å². The van der Waals surface area contributed by atoms with Gasteiger partial charge in [-0.25, -0.2) is 8.42 Å². The molecule has 118 valence electrons. The van der Waals surface area contributed by atoms with Gasteiger partial charge >= 0.3 is 0 Å². The molecule has 0 radical (unpaired) electrons. The molecule has 0 unspecified atom stereocenters. The number of methoxy groups -OCH3 is 1. The number of rotatable bonds is 3. The van der Waals surface area contributed by atoms with Crippen LogP contribution < -0.4 is 0 Å². The third-order valence-electron chi connectivity index (χ3n) is 4.48. The largest absolute Gasteiger partial charge is 0.381 e. The van der Waals surface area contributed by atoms with Gasteiger partial charge in [-0.2, -0.15) is 9.40 Å². The molecule has 2 aliphatic rings. The molecule has 2 saturated heterocycles. The van der Waals surface area contributed by atoms with Gasteiger partial charge in [-0.15, -0.1) is 11.8 Å². The highest BCUT2D eigenvalue weighted by Crippen LogP contribution is 2.47. The first-order valence-electron chi connectivity index (χ1n) is 6.96. The summed E-state index contributed by atoms with van der Waals surface area (Å²) >= 11 is 1.84. The minimum atomic E-state index is -3.43. The summed E-state index contributed by atoms with van der Waals surface area (Å²) < 4.78 is 34.2. The minimum absolute atomic E-state index is 0.0533. The molecular formula is C13H21N3O3S2. The maximum Gasteiger partial charge on any atom is 0.246 e. The Balaban J connectivity index is 1.80. The van der Waals surface area contributed by atoms with E-state index in [1.165, 1.54) is 0 Å². The van der Waals surface area contributed by atoms with E-state index < -0.39 is 10.0 Å². The smallest absolute Gasteiger partial charge is 0.246 e. The SMILES string of the molecule is CO[C@@H]1CSC2(C1)CN(S(=O)(=O)c1c(C)nn(C)c1C)C2. The molecule has 3 rings (SSSR count). The van der Waals surface area contributed by atoms with Gasteiger partial charge in [0.1, 0.15) is 4.90 Å².